The summed E-state index contributed by atoms with van der Waals surface area (Å²) in [5.74, 6) is 0. The molecule has 0 bridgehead atoms. The van der Waals surface area contributed by atoms with Crippen LogP contribution in [0.1, 0.15) is 26.3 Å². The molecule has 0 aliphatic carbocycles. The Hall–Kier alpha value is -3.11. The summed E-state index contributed by atoms with van der Waals surface area (Å²) >= 11 is 1.35. The highest BCUT2D eigenvalue weighted by Gasteiger charge is 2.26. The molecule has 1 aromatic carbocycles. The van der Waals surface area contributed by atoms with Crippen LogP contribution in [-0.2, 0) is 11.3 Å². The molecule has 0 radical (unpaired) electrons. The second-order valence-corrected chi connectivity index (χ2v) is 9.68. The second kappa shape index (κ2) is 8.79. The van der Waals surface area contributed by atoms with E-state index in [0.717, 1.165) is 29.0 Å². The number of rotatable bonds is 4. The molecule has 32 heavy (non-hydrogen) atoms. The highest BCUT2D eigenvalue weighted by Crippen LogP contribution is 2.34. The predicted octanol–water partition coefficient (Wildman–Crippen LogP) is 4.32. The van der Waals surface area contributed by atoms with Crippen LogP contribution < -0.4 is 0 Å². The van der Waals surface area contributed by atoms with Crippen LogP contribution in [0.15, 0.2) is 36.5 Å². The van der Waals surface area contributed by atoms with Gasteiger partial charge < -0.3 is 9.64 Å². The smallest absolute Gasteiger partial charge is 0.410 e. The van der Waals surface area contributed by atoms with Crippen molar-refractivity contribution in [1.29, 1.82) is 0 Å². The minimum Gasteiger partial charge on any atom is -0.444 e. The van der Waals surface area contributed by atoms with E-state index in [0.29, 0.717) is 30.2 Å². The van der Waals surface area contributed by atoms with Gasteiger partial charge in [-0.15, -0.1) is 0 Å². The fourth-order valence-electron chi connectivity index (χ4n) is 3.55. The van der Waals surface area contributed by atoms with Gasteiger partial charge in [0.1, 0.15) is 21.0 Å². The first-order valence-corrected chi connectivity index (χ1v) is 11.2. The normalized spacial score (nSPS) is 15.2. The number of benzene rings is 1. The number of carbonyl (C=O) groups is 1. The Balaban J connectivity index is 1.44. The molecule has 1 amide bonds. The van der Waals surface area contributed by atoms with Crippen molar-refractivity contribution in [2.24, 2.45) is 0 Å². The van der Waals surface area contributed by atoms with Crippen LogP contribution in [0.2, 0.25) is 0 Å². The Morgan fingerprint density at radius 1 is 1.22 bits per heavy atom. The summed E-state index contributed by atoms with van der Waals surface area (Å²) in [5.41, 5.74) is 1.78. The number of piperazine rings is 1. The molecule has 4 rings (SSSR count). The van der Waals surface area contributed by atoms with Crippen LogP contribution in [-0.4, -0.2) is 62.6 Å². The first kappa shape index (κ1) is 22.1. The second-order valence-electron chi connectivity index (χ2n) is 8.70. The maximum atomic E-state index is 12.2. The van der Waals surface area contributed by atoms with E-state index in [1.54, 1.807) is 23.1 Å². The van der Waals surface area contributed by atoms with E-state index in [2.05, 4.69) is 14.9 Å². The van der Waals surface area contributed by atoms with Crippen molar-refractivity contribution < 1.29 is 14.5 Å². The Morgan fingerprint density at radius 3 is 2.62 bits per heavy atom. The molecule has 3 aromatic rings. The monoisotopic (exact) mass is 455 g/mol. The number of ether oxygens (including phenoxy) is 1. The molecular weight excluding hydrogens is 430 g/mol. The zero-order valence-electron chi connectivity index (χ0n) is 18.3. The van der Waals surface area contributed by atoms with Gasteiger partial charge in [0.2, 0.25) is 0 Å². The third-order valence-corrected chi connectivity index (χ3v) is 6.08. The lowest BCUT2D eigenvalue weighted by atomic mass is 10.2. The number of para-hydroxylation sites is 1. The number of nitro groups is 1. The van der Waals surface area contributed by atoms with Gasteiger partial charge in [-0.1, -0.05) is 23.5 Å². The number of pyridine rings is 1. The molecule has 1 aliphatic rings. The van der Waals surface area contributed by atoms with Gasteiger partial charge in [0.05, 0.1) is 10.5 Å². The van der Waals surface area contributed by atoms with Crippen LogP contribution in [0, 0.1) is 10.1 Å². The molecule has 0 spiro atoms. The number of hydrogen-bond donors (Lipinski definition) is 0. The number of nitrogens with zero attached hydrogens (tertiary/aromatic N) is 5. The van der Waals surface area contributed by atoms with E-state index in [4.69, 9.17) is 4.74 Å². The van der Waals surface area contributed by atoms with Gasteiger partial charge in [-0.05, 0) is 38.5 Å². The van der Waals surface area contributed by atoms with Crippen molar-refractivity contribution in [1.82, 2.24) is 19.8 Å². The molecule has 0 unspecified atom stereocenters. The molecule has 1 fully saturated rings. The summed E-state index contributed by atoms with van der Waals surface area (Å²) in [6.07, 6.45) is 1.55. The van der Waals surface area contributed by atoms with Crippen molar-refractivity contribution in [3.63, 3.8) is 0 Å². The van der Waals surface area contributed by atoms with Gasteiger partial charge in [0.25, 0.3) is 5.69 Å². The Labute approximate surface area is 189 Å². The summed E-state index contributed by atoms with van der Waals surface area (Å²) in [4.78, 5) is 37.1. The van der Waals surface area contributed by atoms with E-state index in [1.807, 2.05) is 33.0 Å². The van der Waals surface area contributed by atoms with Crippen molar-refractivity contribution >= 4 is 33.5 Å². The van der Waals surface area contributed by atoms with Gasteiger partial charge in [-0.2, -0.15) is 0 Å². The van der Waals surface area contributed by atoms with Crippen molar-refractivity contribution in [3.8, 4) is 10.6 Å². The van der Waals surface area contributed by atoms with Crippen LogP contribution in [0.25, 0.3) is 20.9 Å². The molecule has 3 heterocycles. The third kappa shape index (κ3) is 5.03. The third-order valence-electron chi connectivity index (χ3n) is 5.07. The molecule has 9 nitrogen and oxygen atoms in total. The zero-order valence-corrected chi connectivity index (χ0v) is 19.1. The van der Waals surface area contributed by atoms with Crippen molar-refractivity contribution in [2.75, 3.05) is 26.2 Å². The molecule has 1 saturated heterocycles. The average molecular weight is 456 g/mol. The lowest BCUT2D eigenvalue weighted by Crippen LogP contribution is -2.49. The van der Waals surface area contributed by atoms with Crippen LogP contribution in [0.4, 0.5) is 10.5 Å². The van der Waals surface area contributed by atoms with Crippen LogP contribution in [0.5, 0.6) is 0 Å². The van der Waals surface area contributed by atoms with E-state index in [-0.39, 0.29) is 11.8 Å². The number of fused-ring (bicyclic) bond motifs is 1. The summed E-state index contributed by atoms with van der Waals surface area (Å²) in [7, 11) is 0. The van der Waals surface area contributed by atoms with E-state index in [9.17, 15) is 14.9 Å². The lowest BCUT2D eigenvalue weighted by molar-refractivity contribution is -0.384. The maximum absolute atomic E-state index is 12.2. The van der Waals surface area contributed by atoms with Crippen LogP contribution in [0.3, 0.4) is 0 Å². The fourth-order valence-corrected chi connectivity index (χ4v) is 4.48. The van der Waals surface area contributed by atoms with E-state index >= 15 is 0 Å². The molecule has 10 heteroatoms. The summed E-state index contributed by atoms with van der Waals surface area (Å²) < 4.78 is 5.45. The summed E-state index contributed by atoms with van der Waals surface area (Å²) in [6.45, 7) is 9.01. The first-order chi connectivity index (χ1) is 15.2. The Bertz CT molecular complexity index is 1150. The standard InChI is InChI=1S/C22H25N5O4S/c1-22(2,3)31-21(28)26-10-8-25(9-11-26)14-15-12-17-20(23-13-15)32-19(24-17)16-6-4-5-7-18(16)27(29)30/h4-7,12-13H,8-11,14H2,1-3H3. The number of amides is 1. The highest BCUT2D eigenvalue weighted by atomic mass is 32.1. The van der Waals surface area contributed by atoms with Crippen molar-refractivity contribution in [3.05, 3.63) is 52.2 Å². The zero-order chi connectivity index (χ0) is 22.9. The SMILES string of the molecule is CC(C)(C)OC(=O)N1CCN(Cc2cnc3sc(-c4ccccc4[N+](=O)[O-])nc3c2)CC1. The largest absolute Gasteiger partial charge is 0.444 e. The minimum atomic E-state index is -0.498. The number of nitro benzene ring substituents is 1. The fraction of sp³-hybridized carbons (Fsp3) is 0.409. The van der Waals surface area contributed by atoms with Gasteiger partial charge in [0.15, 0.2) is 0 Å². The van der Waals surface area contributed by atoms with Gasteiger partial charge in [0, 0.05) is 45.0 Å². The highest BCUT2D eigenvalue weighted by molar-refractivity contribution is 7.21. The van der Waals surface area contributed by atoms with Crippen molar-refractivity contribution in [2.45, 2.75) is 32.9 Å². The van der Waals surface area contributed by atoms with Crippen LogP contribution >= 0.6 is 11.3 Å². The summed E-state index contributed by atoms with van der Waals surface area (Å²) in [5, 5.41) is 11.9. The molecule has 0 atom stereocenters. The average Bonchev–Trinajstić information content (AvgIpc) is 3.16. The van der Waals surface area contributed by atoms with E-state index < -0.39 is 10.5 Å². The molecule has 168 valence electrons. The maximum Gasteiger partial charge on any atom is 0.410 e. The van der Waals surface area contributed by atoms with E-state index in [1.165, 1.54) is 17.4 Å². The minimum absolute atomic E-state index is 0.0367. The molecule has 0 saturated carbocycles. The molecule has 2 aromatic heterocycles. The van der Waals surface area contributed by atoms with Gasteiger partial charge in [-0.3, -0.25) is 15.0 Å². The van der Waals surface area contributed by atoms with Gasteiger partial charge >= 0.3 is 6.09 Å². The molecule has 0 N–H and O–H groups in total. The quantitative estimate of drug-likeness (QED) is 0.426. The number of aromatic nitrogens is 2. The Kier molecular flexibility index (Phi) is 6.07. The molecule has 1 aliphatic heterocycles. The Morgan fingerprint density at radius 2 is 1.94 bits per heavy atom. The predicted molar refractivity (Wildman–Crippen MR) is 123 cm³/mol. The molecular formula is C22H25N5O4S. The van der Waals surface area contributed by atoms with Gasteiger partial charge in [-0.25, -0.2) is 14.8 Å². The number of carbonyl (C=O) groups excluding carboxylic acids is 1. The number of hydrogen-bond acceptors (Lipinski definition) is 8. The summed E-state index contributed by atoms with van der Waals surface area (Å²) in [6, 6.07) is 8.59. The first-order valence-electron chi connectivity index (χ1n) is 10.4. The number of thiazole rings is 1. The lowest BCUT2D eigenvalue weighted by Gasteiger charge is -2.35. The topological polar surface area (TPSA) is 102 Å².